The number of H-pyrrole nitrogens is 2. The molecule has 0 spiro atoms. The van der Waals surface area contributed by atoms with E-state index in [0.717, 1.165) is 33.0 Å². The third-order valence-corrected chi connectivity index (χ3v) is 2.89. The van der Waals surface area contributed by atoms with Gasteiger partial charge in [0, 0.05) is 12.4 Å². The van der Waals surface area contributed by atoms with E-state index in [1.807, 2.05) is 36.8 Å². The van der Waals surface area contributed by atoms with Crippen LogP contribution in [0, 0.1) is 0 Å². The van der Waals surface area contributed by atoms with Gasteiger partial charge < -0.3 is 9.97 Å². The number of nitrogens with zero attached hydrogens (tertiary/aromatic N) is 2. The van der Waals surface area contributed by atoms with Crippen molar-refractivity contribution in [2.75, 3.05) is 0 Å². The van der Waals surface area contributed by atoms with Gasteiger partial charge in [-0.05, 0) is 18.2 Å². The van der Waals surface area contributed by atoms with Crippen molar-refractivity contribution < 1.29 is 0 Å². The minimum Gasteiger partial charge on any atom is -0.359 e. The maximum absolute atomic E-state index is 4.42. The van der Waals surface area contributed by atoms with E-state index in [1.54, 1.807) is 0 Å². The monoisotopic (exact) mass is 208 g/mol. The normalized spacial score (nSPS) is 11.8. The summed E-state index contributed by atoms with van der Waals surface area (Å²) in [6.45, 7) is 0. The molecular weight excluding hydrogens is 200 g/mol. The molecule has 0 aromatic carbocycles. The van der Waals surface area contributed by atoms with Gasteiger partial charge in [0.1, 0.15) is 0 Å². The first-order chi connectivity index (χ1) is 7.93. The smallest absolute Gasteiger partial charge is 0.0979 e. The van der Waals surface area contributed by atoms with E-state index in [-0.39, 0.29) is 0 Å². The van der Waals surface area contributed by atoms with Crippen LogP contribution in [0.15, 0.2) is 36.8 Å². The van der Waals surface area contributed by atoms with Crippen LogP contribution in [0.2, 0.25) is 0 Å². The minimum absolute atomic E-state index is 0.971. The molecular formula is C12H8N4. The molecule has 4 rings (SSSR count). The summed E-state index contributed by atoms with van der Waals surface area (Å²) in [7, 11) is 0. The van der Waals surface area contributed by atoms with Gasteiger partial charge in [0.25, 0.3) is 0 Å². The topological polar surface area (TPSA) is 57.4 Å². The van der Waals surface area contributed by atoms with Gasteiger partial charge in [0.15, 0.2) is 0 Å². The Kier molecular flexibility index (Phi) is 1.28. The van der Waals surface area contributed by atoms with Gasteiger partial charge in [-0.25, -0.2) is 0 Å². The van der Waals surface area contributed by atoms with Crippen LogP contribution in [0.3, 0.4) is 0 Å². The number of hydrogen-bond acceptors (Lipinski definition) is 2. The second kappa shape index (κ2) is 2.61. The molecule has 0 amide bonds. The molecule has 0 fully saturated rings. The fourth-order valence-corrected chi connectivity index (χ4v) is 2.19. The number of pyridine rings is 2. The number of hydrogen-bond donors (Lipinski definition) is 2. The third-order valence-electron chi connectivity index (χ3n) is 2.89. The van der Waals surface area contributed by atoms with Crippen LogP contribution < -0.4 is 0 Å². The van der Waals surface area contributed by atoms with Crippen LogP contribution in [-0.2, 0) is 0 Å². The molecule has 0 radical (unpaired) electrons. The van der Waals surface area contributed by atoms with Crippen molar-refractivity contribution in [3.8, 4) is 0 Å². The predicted octanol–water partition coefficient (Wildman–Crippen LogP) is 2.59. The van der Waals surface area contributed by atoms with Crippen molar-refractivity contribution in [2.24, 2.45) is 0 Å². The highest BCUT2D eigenvalue weighted by molar-refractivity contribution is 6.16. The van der Waals surface area contributed by atoms with Crippen LogP contribution in [0.25, 0.3) is 33.0 Å². The lowest BCUT2D eigenvalue weighted by Crippen LogP contribution is -1.77. The standard InChI is InChI=1S/C12H8N4/c1-2-8-12(13-4-1)10-9(16-8)6-15-7-3-5-14-11(7)10/h1-6,14,16H. The molecule has 0 saturated carbocycles. The SMILES string of the molecule is c1cnc2c(c1)[nH]c1cnc3cc[nH]c3c12. The Hall–Kier alpha value is -2.36. The molecule has 0 unspecified atom stereocenters. The van der Waals surface area contributed by atoms with Crippen molar-refractivity contribution in [3.63, 3.8) is 0 Å². The van der Waals surface area contributed by atoms with Crippen LogP contribution >= 0.6 is 0 Å². The van der Waals surface area contributed by atoms with Gasteiger partial charge in [-0.15, -0.1) is 0 Å². The lowest BCUT2D eigenvalue weighted by molar-refractivity contribution is 1.41. The van der Waals surface area contributed by atoms with Crippen LogP contribution in [0.4, 0.5) is 0 Å². The number of nitrogens with one attached hydrogen (secondary N) is 2. The minimum atomic E-state index is 0.971. The average molecular weight is 208 g/mol. The Morgan fingerprint density at radius 2 is 2.06 bits per heavy atom. The second-order valence-corrected chi connectivity index (χ2v) is 3.81. The lowest BCUT2D eigenvalue weighted by atomic mass is 10.2. The molecule has 0 aliphatic heterocycles. The highest BCUT2D eigenvalue weighted by Gasteiger charge is 2.09. The fourth-order valence-electron chi connectivity index (χ4n) is 2.19. The Morgan fingerprint density at radius 1 is 1.06 bits per heavy atom. The highest BCUT2D eigenvalue weighted by atomic mass is 14.8. The van der Waals surface area contributed by atoms with E-state index in [2.05, 4.69) is 19.9 Å². The van der Waals surface area contributed by atoms with Gasteiger partial charge in [-0.3, -0.25) is 9.97 Å². The summed E-state index contributed by atoms with van der Waals surface area (Å²) in [6, 6.07) is 5.92. The molecule has 0 aliphatic carbocycles. The van der Waals surface area contributed by atoms with Crippen molar-refractivity contribution in [3.05, 3.63) is 36.8 Å². The average Bonchev–Trinajstić information content (AvgIpc) is 2.91. The summed E-state index contributed by atoms with van der Waals surface area (Å²) >= 11 is 0. The zero-order valence-electron chi connectivity index (χ0n) is 8.36. The van der Waals surface area contributed by atoms with Gasteiger partial charge in [0.05, 0.1) is 39.2 Å². The first kappa shape index (κ1) is 7.87. The Morgan fingerprint density at radius 3 is 3.06 bits per heavy atom. The van der Waals surface area contributed by atoms with E-state index in [9.17, 15) is 0 Å². The quantitative estimate of drug-likeness (QED) is 0.466. The predicted molar refractivity (Wildman–Crippen MR) is 63.3 cm³/mol. The molecule has 2 N–H and O–H groups in total. The van der Waals surface area contributed by atoms with Gasteiger partial charge in [-0.2, -0.15) is 0 Å². The molecule has 4 nitrogen and oxygen atoms in total. The molecule has 4 aromatic heterocycles. The second-order valence-electron chi connectivity index (χ2n) is 3.81. The summed E-state index contributed by atoms with van der Waals surface area (Å²) in [6.07, 6.45) is 5.57. The van der Waals surface area contributed by atoms with E-state index < -0.39 is 0 Å². The molecule has 0 aliphatic rings. The first-order valence-corrected chi connectivity index (χ1v) is 5.12. The molecule has 0 atom stereocenters. The number of fused-ring (bicyclic) bond motifs is 5. The van der Waals surface area contributed by atoms with Gasteiger partial charge >= 0.3 is 0 Å². The maximum Gasteiger partial charge on any atom is 0.0979 e. The molecule has 16 heavy (non-hydrogen) atoms. The molecule has 4 heterocycles. The van der Waals surface area contributed by atoms with Crippen molar-refractivity contribution in [2.45, 2.75) is 0 Å². The molecule has 76 valence electrons. The molecule has 0 saturated heterocycles. The number of aromatic amines is 2. The Bertz CT molecular complexity index is 809. The van der Waals surface area contributed by atoms with Crippen molar-refractivity contribution in [1.82, 2.24) is 19.9 Å². The van der Waals surface area contributed by atoms with Gasteiger partial charge in [-0.1, -0.05) is 0 Å². The van der Waals surface area contributed by atoms with Crippen molar-refractivity contribution >= 4 is 33.0 Å². The Balaban J connectivity index is 2.42. The summed E-state index contributed by atoms with van der Waals surface area (Å²) in [5, 5.41) is 1.12. The van der Waals surface area contributed by atoms with Crippen LogP contribution in [-0.4, -0.2) is 19.9 Å². The summed E-state index contributed by atoms with van der Waals surface area (Å²) in [4.78, 5) is 15.3. The molecule has 0 bridgehead atoms. The van der Waals surface area contributed by atoms with Crippen LogP contribution in [0.1, 0.15) is 0 Å². The van der Waals surface area contributed by atoms with E-state index >= 15 is 0 Å². The number of aromatic nitrogens is 4. The third kappa shape index (κ3) is 0.839. The van der Waals surface area contributed by atoms with E-state index in [0.29, 0.717) is 0 Å². The van der Waals surface area contributed by atoms with Crippen molar-refractivity contribution in [1.29, 1.82) is 0 Å². The zero-order valence-corrected chi connectivity index (χ0v) is 8.36. The fraction of sp³-hybridized carbons (Fsp3) is 0. The lowest BCUT2D eigenvalue weighted by Gasteiger charge is -1.92. The number of rotatable bonds is 0. The largest absolute Gasteiger partial charge is 0.359 e. The first-order valence-electron chi connectivity index (χ1n) is 5.12. The molecule has 4 aromatic rings. The van der Waals surface area contributed by atoms with E-state index in [4.69, 9.17) is 0 Å². The zero-order chi connectivity index (χ0) is 10.5. The summed E-state index contributed by atoms with van der Waals surface area (Å²) < 4.78 is 0. The van der Waals surface area contributed by atoms with E-state index in [1.165, 1.54) is 0 Å². The molecule has 4 heteroatoms. The van der Waals surface area contributed by atoms with Crippen LogP contribution in [0.5, 0.6) is 0 Å². The van der Waals surface area contributed by atoms with Gasteiger partial charge in [0.2, 0.25) is 0 Å². The summed E-state index contributed by atoms with van der Waals surface area (Å²) in [5.41, 5.74) is 5.07. The maximum atomic E-state index is 4.42. The summed E-state index contributed by atoms with van der Waals surface area (Å²) in [5.74, 6) is 0. The highest BCUT2D eigenvalue weighted by Crippen LogP contribution is 2.28. The Labute approximate surface area is 90.3 Å².